The number of hydrogen-bond donors (Lipinski definition) is 1. The molecule has 0 aliphatic carbocycles. The van der Waals surface area contributed by atoms with Gasteiger partial charge in [-0.2, -0.15) is 0 Å². The number of aromatic nitrogens is 1. The lowest BCUT2D eigenvalue weighted by Crippen LogP contribution is -2.51. The maximum Gasteiger partial charge on any atom is 0.409 e. The molecule has 0 saturated carbocycles. The highest BCUT2D eigenvalue weighted by Gasteiger charge is 2.25. The van der Waals surface area contributed by atoms with E-state index >= 15 is 0 Å². The molecule has 1 aromatic carbocycles. The van der Waals surface area contributed by atoms with E-state index in [1.807, 2.05) is 30.5 Å². The van der Waals surface area contributed by atoms with Crippen LogP contribution in [0.15, 0.2) is 30.5 Å². The molecule has 0 radical (unpaired) electrons. The largest absolute Gasteiger partial charge is 0.450 e. The standard InChI is InChI=1S/C18H24N4O3/c1-3-20-13-15(14-7-5-6-8-16(14)20)19-17(23)21-9-11-22(12-10-21)18(24)25-4-2/h5-8,13H,3-4,9-12H2,1-2H3,(H,19,23). The average molecular weight is 344 g/mol. The number of anilines is 1. The molecule has 2 heterocycles. The Morgan fingerprint density at radius 2 is 1.76 bits per heavy atom. The second-order valence-electron chi connectivity index (χ2n) is 5.95. The van der Waals surface area contributed by atoms with Gasteiger partial charge in [-0.15, -0.1) is 0 Å². The van der Waals surface area contributed by atoms with Crippen LogP contribution in [0.1, 0.15) is 13.8 Å². The van der Waals surface area contributed by atoms with E-state index in [9.17, 15) is 9.59 Å². The molecule has 25 heavy (non-hydrogen) atoms. The fourth-order valence-corrected chi connectivity index (χ4v) is 3.11. The van der Waals surface area contributed by atoms with Crippen LogP contribution in [0.3, 0.4) is 0 Å². The topological polar surface area (TPSA) is 66.8 Å². The first-order valence-corrected chi connectivity index (χ1v) is 8.69. The number of benzene rings is 1. The number of fused-ring (bicyclic) bond motifs is 1. The Hall–Kier alpha value is -2.70. The molecule has 2 aromatic rings. The summed E-state index contributed by atoms with van der Waals surface area (Å²) in [5.74, 6) is 0. The molecule has 1 aromatic heterocycles. The van der Waals surface area contributed by atoms with Gasteiger partial charge in [0.1, 0.15) is 0 Å². The monoisotopic (exact) mass is 344 g/mol. The lowest BCUT2D eigenvalue weighted by molar-refractivity contribution is 0.0869. The van der Waals surface area contributed by atoms with Crippen LogP contribution in [0.25, 0.3) is 10.9 Å². The molecule has 1 N–H and O–H groups in total. The van der Waals surface area contributed by atoms with Gasteiger partial charge in [0.2, 0.25) is 0 Å². The van der Waals surface area contributed by atoms with Gasteiger partial charge in [-0.1, -0.05) is 18.2 Å². The summed E-state index contributed by atoms with van der Waals surface area (Å²) in [6.45, 7) is 7.04. The number of carbonyl (C=O) groups is 2. The smallest absolute Gasteiger partial charge is 0.409 e. The molecular weight excluding hydrogens is 320 g/mol. The summed E-state index contributed by atoms with van der Waals surface area (Å²) in [5.41, 5.74) is 1.92. The van der Waals surface area contributed by atoms with Gasteiger partial charge < -0.3 is 24.4 Å². The maximum atomic E-state index is 12.6. The highest BCUT2D eigenvalue weighted by molar-refractivity contribution is 6.01. The minimum atomic E-state index is -0.312. The van der Waals surface area contributed by atoms with Gasteiger partial charge >= 0.3 is 12.1 Å². The summed E-state index contributed by atoms with van der Waals surface area (Å²) in [7, 11) is 0. The lowest BCUT2D eigenvalue weighted by atomic mass is 10.2. The molecule has 7 heteroatoms. The van der Waals surface area contributed by atoms with Crippen molar-refractivity contribution in [3.8, 4) is 0 Å². The number of ether oxygens (including phenoxy) is 1. The number of hydrogen-bond acceptors (Lipinski definition) is 3. The Morgan fingerprint density at radius 1 is 1.08 bits per heavy atom. The molecule has 3 rings (SSSR count). The number of aryl methyl sites for hydroxylation is 1. The number of nitrogens with one attached hydrogen (secondary N) is 1. The van der Waals surface area contributed by atoms with Crippen molar-refractivity contribution >= 4 is 28.7 Å². The van der Waals surface area contributed by atoms with Crippen molar-refractivity contribution in [2.75, 3.05) is 38.1 Å². The van der Waals surface area contributed by atoms with E-state index in [1.54, 1.807) is 16.7 Å². The van der Waals surface area contributed by atoms with E-state index in [-0.39, 0.29) is 12.1 Å². The van der Waals surface area contributed by atoms with Crippen molar-refractivity contribution in [2.45, 2.75) is 20.4 Å². The zero-order chi connectivity index (χ0) is 17.8. The van der Waals surface area contributed by atoms with Crippen molar-refractivity contribution in [1.29, 1.82) is 0 Å². The van der Waals surface area contributed by atoms with Crippen LogP contribution in [-0.2, 0) is 11.3 Å². The van der Waals surface area contributed by atoms with E-state index in [0.717, 1.165) is 23.1 Å². The zero-order valence-electron chi connectivity index (χ0n) is 14.7. The number of carbonyl (C=O) groups excluding carboxylic acids is 2. The molecule has 7 nitrogen and oxygen atoms in total. The van der Waals surface area contributed by atoms with Gasteiger partial charge in [0.15, 0.2) is 0 Å². The van der Waals surface area contributed by atoms with Crippen molar-refractivity contribution in [3.63, 3.8) is 0 Å². The van der Waals surface area contributed by atoms with Crippen molar-refractivity contribution in [1.82, 2.24) is 14.4 Å². The van der Waals surface area contributed by atoms with Crippen LogP contribution in [-0.4, -0.2) is 59.3 Å². The van der Waals surface area contributed by atoms with Crippen LogP contribution in [0.4, 0.5) is 15.3 Å². The zero-order valence-corrected chi connectivity index (χ0v) is 14.7. The van der Waals surface area contributed by atoms with E-state index in [1.165, 1.54) is 0 Å². The quantitative estimate of drug-likeness (QED) is 0.931. The summed E-state index contributed by atoms with van der Waals surface area (Å²) in [6.07, 6.45) is 1.66. The number of rotatable bonds is 3. The maximum absolute atomic E-state index is 12.6. The molecule has 1 fully saturated rings. The molecule has 0 spiro atoms. The first-order valence-electron chi connectivity index (χ1n) is 8.69. The predicted molar refractivity (Wildman–Crippen MR) is 96.8 cm³/mol. The molecule has 0 atom stereocenters. The SMILES string of the molecule is CCOC(=O)N1CCN(C(=O)Nc2cn(CC)c3ccccc23)CC1. The highest BCUT2D eigenvalue weighted by Crippen LogP contribution is 2.26. The molecule has 0 bridgehead atoms. The predicted octanol–water partition coefficient (Wildman–Crippen LogP) is 2.97. The van der Waals surface area contributed by atoms with E-state index in [2.05, 4.69) is 16.8 Å². The van der Waals surface area contributed by atoms with Crippen LogP contribution in [0, 0.1) is 0 Å². The molecule has 1 aliphatic heterocycles. The van der Waals surface area contributed by atoms with Crippen molar-refractivity contribution in [2.24, 2.45) is 0 Å². The summed E-state index contributed by atoms with van der Waals surface area (Å²) in [4.78, 5) is 27.7. The Bertz CT molecular complexity index is 763. The first kappa shape index (κ1) is 17.1. The summed E-state index contributed by atoms with van der Waals surface area (Å²) in [5, 5.41) is 4.04. The van der Waals surface area contributed by atoms with E-state index < -0.39 is 0 Å². The first-order chi connectivity index (χ1) is 12.1. The Balaban J connectivity index is 1.65. The van der Waals surface area contributed by atoms with Gasteiger partial charge in [0, 0.05) is 44.3 Å². The molecule has 3 amide bonds. The highest BCUT2D eigenvalue weighted by atomic mass is 16.6. The third-order valence-electron chi connectivity index (χ3n) is 4.46. The third-order valence-corrected chi connectivity index (χ3v) is 4.46. The van der Waals surface area contributed by atoms with Gasteiger partial charge in [0.25, 0.3) is 0 Å². The van der Waals surface area contributed by atoms with E-state index in [0.29, 0.717) is 32.8 Å². The number of urea groups is 1. The Labute approximate surface area is 147 Å². The van der Waals surface area contributed by atoms with Crippen molar-refractivity contribution in [3.05, 3.63) is 30.5 Å². The Morgan fingerprint density at radius 3 is 2.44 bits per heavy atom. The minimum Gasteiger partial charge on any atom is -0.450 e. The Kier molecular flexibility index (Phi) is 5.11. The average Bonchev–Trinajstić information content (AvgIpc) is 3.00. The van der Waals surface area contributed by atoms with Crippen molar-refractivity contribution < 1.29 is 14.3 Å². The minimum absolute atomic E-state index is 0.137. The third kappa shape index (κ3) is 3.55. The van der Waals surface area contributed by atoms with Gasteiger partial charge in [-0.05, 0) is 19.9 Å². The number of nitrogens with zero attached hydrogens (tertiary/aromatic N) is 3. The van der Waals surface area contributed by atoms with Crippen LogP contribution in [0.2, 0.25) is 0 Å². The molecule has 0 unspecified atom stereocenters. The molecule has 134 valence electrons. The fourth-order valence-electron chi connectivity index (χ4n) is 3.11. The van der Waals surface area contributed by atoms with Gasteiger partial charge in [0.05, 0.1) is 17.8 Å². The van der Waals surface area contributed by atoms with Gasteiger partial charge in [-0.3, -0.25) is 0 Å². The molecule has 1 saturated heterocycles. The molecule has 1 aliphatic rings. The van der Waals surface area contributed by atoms with E-state index in [4.69, 9.17) is 4.74 Å². The second-order valence-corrected chi connectivity index (χ2v) is 5.95. The van der Waals surface area contributed by atoms with Crippen LogP contribution < -0.4 is 5.32 Å². The van der Waals surface area contributed by atoms with Crippen LogP contribution >= 0.6 is 0 Å². The number of amides is 3. The summed E-state index contributed by atoms with van der Waals surface area (Å²) < 4.78 is 7.12. The number of para-hydroxylation sites is 1. The normalized spacial score (nSPS) is 14.6. The lowest BCUT2D eigenvalue weighted by Gasteiger charge is -2.33. The summed E-state index contributed by atoms with van der Waals surface area (Å²) in [6, 6.07) is 7.88. The second kappa shape index (κ2) is 7.46. The van der Waals surface area contributed by atoms with Crippen LogP contribution in [0.5, 0.6) is 0 Å². The molecular formula is C18H24N4O3. The fraction of sp³-hybridized carbons (Fsp3) is 0.444. The summed E-state index contributed by atoms with van der Waals surface area (Å²) >= 11 is 0. The number of piperazine rings is 1. The van der Waals surface area contributed by atoms with Gasteiger partial charge in [-0.25, -0.2) is 9.59 Å².